The summed E-state index contributed by atoms with van der Waals surface area (Å²) in [4.78, 5) is 13.0. The van der Waals surface area contributed by atoms with Gasteiger partial charge in [0.2, 0.25) is 0 Å². The zero-order valence-corrected chi connectivity index (χ0v) is 11.8. The number of benzene rings is 2. The van der Waals surface area contributed by atoms with E-state index in [4.69, 9.17) is 10.00 Å². The highest BCUT2D eigenvalue weighted by Gasteiger charge is 2.12. The van der Waals surface area contributed by atoms with Crippen LogP contribution in [0.1, 0.15) is 21.5 Å². The van der Waals surface area contributed by atoms with Crippen molar-refractivity contribution >= 4 is 17.7 Å². The molecule has 0 spiro atoms. The van der Waals surface area contributed by atoms with Crippen LogP contribution < -0.4 is 0 Å². The molecular formula is C16H13NO2S. The lowest BCUT2D eigenvalue weighted by Gasteiger charge is -2.08. The predicted octanol–water partition coefficient (Wildman–Crippen LogP) is 3.64. The van der Waals surface area contributed by atoms with Gasteiger partial charge in [-0.1, -0.05) is 30.3 Å². The number of carbonyl (C=O) groups excluding carboxylic acids is 1. The molecule has 0 heterocycles. The van der Waals surface area contributed by atoms with Crippen LogP contribution in [-0.4, -0.2) is 12.2 Å². The van der Waals surface area contributed by atoms with Crippen molar-refractivity contribution in [3.63, 3.8) is 0 Å². The zero-order valence-electron chi connectivity index (χ0n) is 11.0. The smallest absolute Gasteiger partial charge is 0.339 e. The van der Waals surface area contributed by atoms with E-state index in [-0.39, 0.29) is 12.6 Å². The molecule has 0 amide bonds. The zero-order chi connectivity index (χ0) is 14.4. The van der Waals surface area contributed by atoms with E-state index in [0.717, 1.165) is 4.90 Å². The fraction of sp³-hybridized carbons (Fsp3) is 0.125. The minimum absolute atomic E-state index is 0.102. The number of esters is 1. The van der Waals surface area contributed by atoms with E-state index in [0.29, 0.717) is 16.7 Å². The molecule has 0 unspecified atom stereocenters. The Bertz CT molecular complexity index is 662. The highest BCUT2D eigenvalue weighted by atomic mass is 32.2. The second kappa shape index (κ2) is 6.78. The van der Waals surface area contributed by atoms with Crippen molar-refractivity contribution in [3.05, 3.63) is 65.2 Å². The highest BCUT2D eigenvalue weighted by molar-refractivity contribution is 7.98. The minimum atomic E-state index is -0.373. The van der Waals surface area contributed by atoms with Crippen LogP contribution in [-0.2, 0) is 11.3 Å². The number of nitrogens with zero attached hydrogens (tertiary/aromatic N) is 1. The van der Waals surface area contributed by atoms with Crippen LogP contribution in [0, 0.1) is 11.3 Å². The molecule has 20 heavy (non-hydrogen) atoms. The number of hydrogen-bond donors (Lipinski definition) is 0. The Morgan fingerprint density at radius 1 is 1.20 bits per heavy atom. The van der Waals surface area contributed by atoms with E-state index in [1.165, 1.54) is 11.8 Å². The van der Waals surface area contributed by atoms with E-state index in [9.17, 15) is 4.79 Å². The summed E-state index contributed by atoms with van der Waals surface area (Å²) in [7, 11) is 0. The van der Waals surface area contributed by atoms with Gasteiger partial charge in [0.15, 0.2) is 0 Å². The molecule has 2 aromatic carbocycles. The van der Waals surface area contributed by atoms with E-state index < -0.39 is 0 Å². The monoisotopic (exact) mass is 283 g/mol. The molecule has 2 aromatic rings. The Labute approximate surface area is 122 Å². The van der Waals surface area contributed by atoms with Crippen molar-refractivity contribution in [2.75, 3.05) is 6.26 Å². The third-order valence-electron chi connectivity index (χ3n) is 2.82. The molecular weight excluding hydrogens is 270 g/mol. The van der Waals surface area contributed by atoms with Gasteiger partial charge in [-0.25, -0.2) is 4.79 Å². The summed E-state index contributed by atoms with van der Waals surface area (Å²) in [6, 6.07) is 16.5. The van der Waals surface area contributed by atoms with Gasteiger partial charge >= 0.3 is 5.97 Å². The second-order valence-electron chi connectivity index (χ2n) is 4.05. The predicted molar refractivity (Wildman–Crippen MR) is 78.5 cm³/mol. The fourth-order valence-corrected chi connectivity index (χ4v) is 2.38. The van der Waals surface area contributed by atoms with Crippen LogP contribution in [0.5, 0.6) is 0 Å². The molecule has 0 aliphatic rings. The molecule has 100 valence electrons. The first-order valence-corrected chi connectivity index (χ1v) is 7.27. The fourth-order valence-electron chi connectivity index (χ4n) is 1.79. The SMILES string of the molecule is CSc1ccccc1C(=O)OCc1ccccc1C#N. The highest BCUT2D eigenvalue weighted by Crippen LogP contribution is 2.21. The molecule has 0 saturated carbocycles. The molecule has 0 aromatic heterocycles. The Kier molecular flexibility index (Phi) is 4.80. The summed E-state index contributed by atoms with van der Waals surface area (Å²) in [5.74, 6) is -0.373. The first-order valence-electron chi connectivity index (χ1n) is 6.04. The van der Waals surface area contributed by atoms with Gasteiger partial charge < -0.3 is 4.74 Å². The Balaban J connectivity index is 2.11. The average molecular weight is 283 g/mol. The molecule has 2 rings (SSSR count). The second-order valence-corrected chi connectivity index (χ2v) is 4.89. The number of hydrogen-bond acceptors (Lipinski definition) is 4. The van der Waals surface area contributed by atoms with Gasteiger partial charge in [0.05, 0.1) is 17.2 Å². The first-order chi connectivity index (χ1) is 9.76. The van der Waals surface area contributed by atoms with Gasteiger partial charge in [-0.3, -0.25) is 0 Å². The van der Waals surface area contributed by atoms with Gasteiger partial charge in [-0.15, -0.1) is 11.8 Å². The molecule has 0 aliphatic carbocycles. The lowest BCUT2D eigenvalue weighted by Crippen LogP contribution is -2.07. The van der Waals surface area contributed by atoms with Crippen LogP contribution >= 0.6 is 11.8 Å². The normalized spacial score (nSPS) is 9.80. The number of rotatable bonds is 4. The standard InChI is InChI=1S/C16H13NO2S/c1-20-15-9-5-4-8-14(15)16(18)19-11-13-7-3-2-6-12(13)10-17/h2-9H,11H2,1H3. The maximum atomic E-state index is 12.1. The first kappa shape index (κ1) is 14.2. The van der Waals surface area contributed by atoms with Gasteiger partial charge in [-0.05, 0) is 24.5 Å². The van der Waals surface area contributed by atoms with E-state index in [1.807, 2.05) is 24.5 Å². The van der Waals surface area contributed by atoms with E-state index in [2.05, 4.69) is 6.07 Å². The summed E-state index contributed by atoms with van der Waals surface area (Å²) in [5, 5.41) is 8.99. The lowest BCUT2D eigenvalue weighted by atomic mass is 10.1. The maximum Gasteiger partial charge on any atom is 0.339 e. The minimum Gasteiger partial charge on any atom is -0.457 e. The van der Waals surface area contributed by atoms with Crippen molar-refractivity contribution < 1.29 is 9.53 Å². The summed E-state index contributed by atoms with van der Waals surface area (Å²) >= 11 is 1.50. The van der Waals surface area contributed by atoms with Crippen LogP contribution in [0.25, 0.3) is 0 Å². The number of nitriles is 1. The van der Waals surface area contributed by atoms with Gasteiger partial charge in [0.25, 0.3) is 0 Å². The molecule has 0 N–H and O–H groups in total. The topological polar surface area (TPSA) is 50.1 Å². The Morgan fingerprint density at radius 2 is 1.90 bits per heavy atom. The molecule has 0 radical (unpaired) electrons. The van der Waals surface area contributed by atoms with Crippen molar-refractivity contribution in [1.29, 1.82) is 5.26 Å². The lowest BCUT2D eigenvalue weighted by molar-refractivity contribution is 0.0468. The molecule has 3 nitrogen and oxygen atoms in total. The van der Waals surface area contributed by atoms with Crippen LogP contribution in [0.3, 0.4) is 0 Å². The van der Waals surface area contributed by atoms with Crippen molar-refractivity contribution in [2.45, 2.75) is 11.5 Å². The third kappa shape index (κ3) is 3.19. The van der Waals surface area contributed by atoms with Crippen LogP contribution in [0.15, 0.2) is 53.4 Å². The Morgan fingerprint density at radius 3 is 2.65 bits per heavy atom. The molecule has 0 bridgehead atoms. The quantitative estimate of drug-likeness (QED) is 0.635. The van der Waals surface area contributed by atoms with E-state index >= 15 is 0 Å². The molecule has 0 aliphatic heterocycles. The molecule has 4 heteroatoms. The number of thioether (sulfide) groups is 1. The van der Waals surface area contributed by atoms with Crippen LogP contribution in [0.4, 0.5) is 0 Å². The van der Waals surface area contributed by atoms with Crippen LogP contribution in [0.2, 0.25) is 0 Å². The average Bonchev–Trinajstić information content (AvgIpc) is 2.52. The maximum absolute atomic E-state index is 12.1. The molecule has 0 atom stereocenters. The van der Waals surface area contributed by atoms with E-state index in [1.54, 1.807) is 30.3 Å². The van der Waals surface area contributed by atoms with Crippen molar-refractivity contribution in [2.24, 2.45) is 0 Å². The summed E-state index contributed by atoms with van der Waals surface area (Å²) < 4.78 is 5.30. The van der Waals surface area contributed by atoms with Gasteiger partial charge in [0, 0.05) is 10.5 Å². The summed E-state index contributed by atoms with van der Waals surface area (Å²) in [6.45, 7) is 0.102. The van der Waals surface area contributed by atoms with Crippen molar-refractivity contribution in [1.82, 2.24) is 0 Å². The van der Waals surface area contributed by atoms with Crippen molar-refractivity contribution in [3.8, 4) is 6.07 Å². The molecule has 0 fully saturated rings. The Hall–Kier alpha value is -2.25. The van der Waals surface area contributed by atoms with Gasteiger partial charge in [0.1, 0.15) is 6.61 Å². The number of ether oxygens (including phenoxy) is 1. The number of carbonyl (C=O) groups is 1. The summed E-state index contributed by atoms with van der Waals surface area (Å²) in [5.41, 5.74) is 1.79. The summed E-state index contributed by atoms with van der Waals surface area (Å²) in [6.07, 6.45) is 1.91. The van der Waals surface area contributed by atoms with Gasteiger partial charge in [-0.2, -0.15) is 5.26 Å². The largest absolute Gasteiger partial charge is 0.457 e. The molecule has 0 saturated heterocycles. The third-order valence-corrected chi connectivity index (χ3v) is 3.62.